The summed E-state index contributed by atoms with van der Waals surface area (Å²) in [6.07, 6.45) is 4.76. The van der Waals surface area contributed by atoms with Gasteiger partial charge in [-0.25, -0.2) is 9.37 Å². The molecule has 1 amide bonds. The van der Waals surface area contributed by atoms with Gasteiger partial charge in [0.25, 0.3) is 5.91 Å². The lowest BCUT2D eigenvalue weighted by molar-refractivity contribution is -0.128. The van der Waals surface area contributed by atoms with Crippen LogP contribution < -0.4 is 14.5 Å². The summed E-state index contributed by atoms with van der Waals surface area (Å²) < 4.78 is 21.8. The summed E-state index contributed by atoms with van der Waals surface area (Å²) in [6, 6.07) is 6.92. The van der Waals surface area contributed by atoms with Gasteiger partial charge in [0.2, 0.25) is 5.88 Å². The summed E-state index contributed by atoms with van der Waals surface area (Å²) in [7, 11) is 4.07. The lowest BCUT2D eigenvalue weighted by Gasteiger charge is -2.39. The van der Waals surface area contributed by atoms with Gasteiger partial charge in [-0.05, 0) is 45.3 Å². The zero-order valence-corrected chi connectivity index (χ0v) is 24.6. The van der Waals surface area contributed by atoms with E-state index in [1.165, 1.54) is 10.5 Å². The molecule has 10 nitrogen and oxygen atoms in total. The van der Waals surface area contributed by atoms with E-state index in [2.05, 4.69) is 58.6 Å². The van der Waals surface area contributed by atoms with E-state index in [1.807, 2.05) is 17.9 Å². The molecule has 1 atom stereocenters. The van der Waals surface area contributed by atoms with E-state index in [0.29, 0.717) is 57.2 Å². The zero-order chi connectivity index (χ0) is 29.5. The molecule has 2 aromatic heterocycles. The number of benzene rings is 1. The molecule has 0 saturated carbocycles. The van der Waals surface area contributed by atoms with E-state index in [1.54, 1.807) is 0 Å². The van der Waals surface area contributed by atoms with E-state index in [0.717, 1.165) is 59.5 Å². The first-order valence-electron chi connectivity index (χ1n) is 14.6. The maximum absolute atomic E-state index is 13.6. The first-order chi connectivity index (χ1) is 20.3. The Kier molecular flexibility index (Phi) is 7.49. The van der Waals surface area contributed by atoms with Crippen LogP contribution in [0.15, 0.2) is 30.7 Å². The average Bonchev–Trinajstić information content (AvgIpc) is 3.58. The van der Waals surface area contributed by atoms with Crippen molar-refractivity contribution >= 4 is 28.2 Å². The van der Waals surface area contributed by atoms with Crippen molar-refractivity contribution in [1.82, 2.24) is 24.6 Å². The molecule has 5 heterocycles. The van der Waals surface area contributed by atoms with Gasteiger partial charge in [0.15, 0.2) is 5.83 Å². The second-order valence-electron chi connectivity index (χ2n) is 11.6. The van der Waals surface area contributed by atoms with Crippen LogP contribution in [0.3, 0.4) is 0 Å². The number of carbonyl (C=O) groups excluding carboxylic acids is 1. The molecule has 0 bridgehead atoms. The van der Waals surface area contributed by atoms with Crippen molar-refractivity contribution in [2.45, 2.75) is 38.8 Å². The number of aromatic nitrogens is 3. The van der Waals surface area contributed by atoms with Crippen molar-refractivity contribution < 1.29 is 13.9 Å². The number of hydrogen-bond acceptors (Lipinski definition) is 8. The number of hydrogen-bond donors (Lipinski definition) is 0. The third-order valence-corrected chi connectivity index (χ3v) is 9.00. The van der Waals surface area contributed by atoms with Gasteiger partial charge < -0.3 is 24.3 Å². The number of fused-ring (bicyclic) bond motifs is 2. The minimum Gasteiger partial charge on any atom is -0.475 e. The van der Waals surface area contributed by atoms with Crippen LogP contribution in [0.25, 0.3) is 10.9 Å². The number of carbonyl (C=O) groups is 1. The molecular weight excluding hydrogens is 535 g/mol. The van der Waals surface area contributed by atoms with Crippen LogP contribution in [-0.4, -0.2) is 89.4 Å². The van der Waals surface area contributed by atoms with Crippen molar-refractivity contribution in [3.63, 3.8) is 0 Å². The molecule has 2 saturated heterocycles. The van der Waals surface area contributed by atoms with E-state index in [-0.39, 0.29) is 6.04 Å². The van der Waals surface area contributed by atoms with Gasteiger partial charge in [-0.1, -0.05) is 18.7 Å². The van der Waals surface area contributed by atoms with Crippen molar-refractivity contribution in [3.05, 3.63) is 53.1 Å². The highest BCUT2D eigenvalue weighted by Gasteiger charge is 2.33. The number of likely N-dealkylation sites (tertiary alicyclic amines) is 1. The number of likely N-dealkylation sites (N-methyl/N-ethyl adjacent to an activating group) is 1. The molecular formula is C31H37FN8O2. The van der Waals surface area contributed by atoms with Crippen LogP contribution in [0.1, 0.15) is 35.2 Å². The van der Waals surface area contributed by atoms with Crippen molar-refractivity contribution in [3.8, 4) is 11.9 Å². The van der Waals surface area contributed by atoms with Gasteiger partial charge in [-0.2, -0.15) is 10.4 Å². The Bertz CT molecular complexity index is 1590. The van der Waals surface area contributed by atoms with Gasteiger partial charge in [-0.15, -0.1) is 0 Å². The zero-order valence-electron chi connectivity index (χ0n) is 24.6. The minimum atomic E-state index is -0.950. The predicted octanol–water partition coefficient (Wildman–Crippen LogP) is 3.32. The Hall–Kier alpha value is -4.17. The minimum absolute atomic E-state index is 0.280. The molecule has 3 aliphatic heterocycles. The summed E-state index contributed by atoms with van der Waals surface area (Å²) in [5, 5.41) is 16.0. The van der Waals surface area contributed by atoms with Crippen molar-refractivity contribution in [1.29, 1.82) is 5.26 Å². The Balaban J connectivity index is 1.38. The highest BCUT2D eigenvalue weighted by Crippen LogP contribution is 2.40. The number of aryl methyl sites for hydroxylation is 2. The second kappa shape index (κ2) is 11.2. The first-order valence-corrected chi connectivity index (χ1v) is 14.6. The Labute approximate surface area is 245 Å². The molecule has 0 spiro atoms. The molecule has 1 unspecified atom stereocenters. The predicted molar refractivity (Wildman–Crippen MR) is 159 cm³/mol. The van der Waals surface area contributed by atoms with Gasteiger partial charge in [0.1, 0.15) is 18.2 Å². The van der Waals surface area contributed by atoms with Crippen molar-refractivity contribution in [2.75, 3.05) is 62.7 Å². The number of amides is 1. The highest BCUT2D eigenvalue weighted by atomic mass is 19.1. The maximum atomic E-state index is 13.6. The van der Waals surface area contributed by atoms with Crippen LogP contribution in [0.2, 0.25) is 0 Å². The lowest BCUT2D eigenvalue weighted by Crippen LogP contribution is -2.49. The topological polar surface area (TPSA) is 93.8 Å². The SMILES string of the molecule is C=C(F)C(=O)N1CCN(c2c(C#N)c(OCC3CCCN3C)nc3c2CCN(c2c(C)ccc4cnn(C)c24)C3)CC1. The number of pyridine rings is 1. The standard InChI is InChI=1S/C31H37FN8O2/c1-20-7-8-22-17-34-37(4)28(22)27(20)40-11-9-24-26(18-40)35-30(42-19-23-6-5-10-36(23)3)25(16-33)29(24)38-12-14-39(15-13-38)31(41)21(2)32/h7-8,17,23H,2,5-6,9-15,18-19H2,1,3-4H3. The molecule has 0 N–H and O–H groups in total. The lowest BCUT2D eigenvalue weighted by atomic mass is 9.97. The highest BCUT2D eigenvalue weighted by molar-refractivity contribution is 5.93. The average molecular weight is 573 g/mol. The van der Waals surface area contributed by atoms with Gasteiger partial charge >= 0.3 is 0 Å². The van der Waals surface area contributed by atoms with Crippen LogP contribution in [0.5, 0.6) is 5.88 Å². The normalized spacial score (nSPS) is 19.2. The molecule has 3 aromatic rings. The maximum Gasteiger partial charge on any atom is 0.282 e. The number of nitrogens with zero attached hydrogens (tertiary/aromatic N) is 8. The van der Waals surface area contributed by atoms with Crippen LogP contribution >= 0.6 is 0 Å². The van der Waals surface area contributed by atoms with Gasteiger partial charge in [-0.3, -0.25) is 9.48 Å². The molecule has 2 fully saturated rings. The number of ether oxygens (including phenoxy) is 1. The molecule has 0 radical (unpaired) electrons. The van der Waals surface area contributed by atoms with Crippen LogP contribution in [0.4, 0.5) is 15.8 Å². The Morgan fingerprint density at radius 1 is 1.14 bits per heavy atom. The van der Waals surface area contributed by atoms with Gasteiger partial charge in [0.05, 0.1) is 35.3 Å². The fraction of sp³-hybridized carbons (Fsp3) is 0.484. The fourth-order valence-corrected chi connectivity index (χ4v) is 6.70. The summed E-state index contributed by atoms with van der Waals surface area (Å²) in [5.74, 6) is -1.26. The second-order valence-corrected chi connectivity index (χ2v) is 11.6. The molecule has 220 valence electrons. The fourth-order valence-electron chi connectivity index (χ4n) is 6.70. The number of halogens is 1. The third-order valence-electron chi connectivity index (χ3n) is 9.00. The van der Waals surface area contributed by atoms with E-state index in [9.17, 15) is 14.4 Å². The van der Waals surface area contributed by atoms with E-state index in [4.69, 9.17) is 9.72 Å². The first kappa shape index (κ1) is 28.0. The monoisotopic (exact) mass is 572 g/mol. The summed E-state index contributed by atoms with van der Waals surface area (Å²) >= 11 is 0. The molecule has 42 heavy (non-hydrogen) atoms. The molecule has 6 rings (SSSR count). The summed E-state index contributed by atoms with van der Waals surface area (Å²) in [5.41, 5.74) is 6.58. The Morgan fingerprint density at radius 2 is 1.93 bits per heavy atom. The summed E-state index contributed by atoms with van der Waals surface area (Å²) in [6.45, 7) is 9.76. The third kappa shape index (κ3) is 4.94. The molecule has 0 aliphatic carbocycles. The van der Waals surface area contributed by atoms with E-state index < -0.39 is 11.7 Å². The molecule has 11 heteroatoms. The van der Waals surface area contributed by atoms with E-state index >= 15 is 0 Å². The number of nitriles is 1. The summed E-state index contributed by atoms with van der Waals surface area (Å²) in [4.78, 5) is 25.5. The smallest absolute Gasteiger partial charge is 0.282 e. The quantitative estimate of drug-likeness (QED) is 0.416. The molecule has 3 aliphatic rings. The van der Waals surface area contributed by atoms with Crippen LogP contribution in [-0.2, 0) is 24.8 Å². The van der Waals surface area contributed by atoms with Crippen molar-refractivity contribution in [2.24, 2.45) is 7.05 Å². The number of anilines is 2. The Morgan fingerprint density at radius 3 is 2.62 bits per heavy atom. The number of piperazine rings is 1. The van der Waals surface area contributed by atoms with Gasteiger partial charge in [0, 0.05) is 56.8 Å². The largest absolute Gasteiger partial charge is 0.475 e. The number of rotatable bonds is 6. The molecule has 1 aromatic carbocycles. The van der Waals surface area contributed by atoms with Crippen LogP contribution in [0, 0.1) is 18.3 Å².